The molecule has 196 valence electrons. The monoisotopic (exact) mass is 494 g/mol. The summed E-state index contributed by atoms with van der Waals surface area (Å²) >= 11 is 0. The molecule has 0 radical (unpaired) electrons. The van der Waals surface area contributed by atoms with E-state index in [2.05, 4.69) is 38.3 Å². The third-order valence-electron chi connectivity index (χ3n) is 7.52. The Balaban J connectivity index is 2.02. The van der Waals surface area contributed by atoms with Gasteiger partial charge >= 0.3 is 0 Å². The quantitative estimate of drug-likeness (QED) is 0.178. The Hall–Kier alpha value is -3.02. The Bertz CT molecular complexity index is 995. The molecule has 0 amide bonds. The first kappa shape index (κ1) is 27.6. The van der Waals surface area contributed by atoms with E-state index >= 15 is 0 Å². The van der Waals surface area contributed by atoms with Crippen LogP contribution in [0.15, 0.2) is 24.3 Å². The van der Waals surface area contributed by atoms with Crippen LogP contribution in [-0.4, -0.2) is 34.9 Å². The zero-order chi connectivity index (χ0) is 26.2. The molecule has 36 heavy (non-hydrogen) atoms. The smallest absolute Gasteiger partial charge is 0.200 e. The number of ketones is 2. The maximum Gasteiger partial charge on any atom is 0.200 e. The summed E-state index contributed by atoms with van der Waals surface area (Å²) in [6, 6.07) is 6.24. The molecular weight excluding hydrogens is 452 g/mol. The van der Waals surface area contributed by atoms with Crippen molar-refractivity contribution in [3.63, 3.8) is 0 Å². The van der Waals surface area contributed by atoms with Crippen LogP contribution in [0.3, 0.4) is 0 Å². The van der Waals surface area contributed by atoms with Crippen LogP contribution in [0.25, 0.3) is 0 Å². The summed E-state index contributed by atoms with van der Waals surface area (Å²) in [5.41, 5.74) is 1.47. The van der Waals surface area contributed by atoms with Gasteiger partial charge in [-0.25, -0.2) is 0 Å². The third kappa shape index (κ3) is 5.85. The molecule has 2 atom stereocenters. The van der Waals surface area contributed by atoms with Gasteiger partial charge in [0.1, 0.15) is 11.5 Å². The molecule has 0 fully saturated rings. The zero-order valence-electron chi connectivity index (χ0n) is 22.2. The zero-order valence-corrected chi connectivity index (χ0v) is 22.2. The van der Waals surface area contributed by atoms with Crippen LogP contribution in [0.5, 0.6) is 11.5 Å². The van der Waals surface area contributed by atoms with E-state index in [9.17, 15) is 19.8 Å². The normalized spacial score (nSPS) is 14.2. The van der Waals surface area contributed by atoms with Crippen LogP contribution in [0.2, 0.25) is 0 Å². The highest BCUT2D eigenvalue weighted by molar-refractivity contribution is 6.33. The fraction of sp³-hybridized carbons (Fsp3) is 0.533. The Morgan fingerprint density at radius 3 is 1.36 bits per heavy atom. The average molecular weight is 495 g/mol. The summed E-state index contributed by atoms with van der Waals surface area (Å²) in [4.78, 5) is 27.5. The van der Waals surface area contributed by atoms with E-state index in [1.165, 1.54) is 12.1 Å². The predicted octanol–water partition coefficient (Wildman–Crippen LogP) is 7.13. The molecule has 0 aliphatic heterocycles. The van der Waals surface area contributed by atoms with Gasteiger partial charge < -0.3 is 20.8 Å². The molecule has 2 aromatic rings. The molecule has 2 unspecified atom stereocenters. The lowest BCUT2D eigenvalue weighted by Crippen LogP contribution is -2.26. The second kappa shape index (κ2) is 12.8. The summed E-state index contributed by atoms with van der Waals surface area (Å²) in [6.07, 6.45) is 8.81. The highest BCUT2D eigenvalue weighted by Crippen LogP contribution is 2.42. The molecule has 2 aromatic carbocycles. The standard InChI is InChI=1S/C30H42N2O4/c1-5-9-11-19(7-3)17-31-21-13-14-22(32-18-20(8-4)12-10-6-2)26-25(21)29(35)27-23(33)15-16-24(34)28(27)30(26)36/h13-16,19-20,31-34H,5-12,17-18H2,1-4H3. The van der Waals surface area contributed by atoms with Gasteiger partial charge in [0.15, 0.2) is 0 Å². The summed E-state index contributed by atoms with van der Waals surface area (Å²) in [5, 5.41) is 27.8. The van der Waals surface area contributed by atoms with Gasteiger partial charge in [0, 0.05) is 24.5 Å². The number of fused-ring (bicyclic) bond motifs is 2. The fourth-order valence-corrected chi connectivity index (χ4v) is 5.05. The highest BCUT2D eigenvalue weighted by Gasteiger charge is 2.38. The van der Waals surface area contributed by atoms with Crippen molar-refractivity contribution in [3.8, 4) is 11.5 Å². The largest absolute Gasteiger partial charge is 0.507 e. The molecule has 0 heterocycles. The van der Waals surface area contributed by atoms with E-state index in [0.717, 1.165) is 51.4 Å². The van der Waals surface area contributed by atoms with E-state index in [4.69, 9.17) is 0 Å². The van der Waals surface area contributed by atoms with Crippen molar-refractivity contribution >= 4 is 22.9 Å². The first-order valence-corrected chi connectivity index (χ1v) is 13.7. The minimum absolute atomic E-state index is 0.125. The number of anilines is 2. The van der Waals surface area contributed by atoms with E-state index in [1.54, 1.807) is 0 Å². The molecule has 6 nitrogen and oxygen atoms in total. The first-order chi connectivity index (χ1) is 17.4. The Morgan fingerprint density at radius 1 is 0.639 bits per heavy atom. The van der Waals surface area contributed by atoms with E-state index in [1.807, 2.05) is 12.1 Å². The summed E-state index contributed by atoms with van der Waals surface area (Å²) in [6.45, 7) is 10.1. The summed E-state index contributed by atoms with van der Waals surface area (Å²) in [5.74, 6) is -0.562. The van der Waals surface area contributed by atoms with Gasteiger partial charge in [-0.15, -0.1) is 0 Å². The van der Waals surface area contributed by atoms with Crippen LogP contribution < -0.4 is 10.6 Å². The molecule has 1 aliphatic carbocycles. The van der Waals surface area contributed by atoms with Gasteiger partial charge in [-0.05, 0) is 48.9 Å². The molecule has 6 heteroatoms. The van der Waals surface area contributed by atoms with Gasteiger partial charge in [-0.3, -0.25) is 9.59 Å². The molecule has 0 saturated heterocycles. The number of phenols is 2. The molecule has 4 N–H and O–H groups in total. The number of carbonyl (C=O) groups excluding carboxylic acids is 2. The van der Waals surface area contributed by atoms with Gasteiger partial charge in [-0.1, -0.05) is 66.2 Å². The Labute approximate surface area is 215 Å². The van der Waals surface area contributed by atoms with Crippen molar-refractivity contribution in [2.75, 3.05) is 23.7 Å². The maximum absolute atomic E-state index is 13.7. The van der Waals surface area contributed by atoms with Crippen LogP contribution in [0.1, 0.15) is 111 Å². The number of phenolic OH excluding ortho intramolecular Hbond substituents is 2. The number of hydrogen-bond acceptors (Lipinski definition) is 6. The lowest BCUT2D eigenvalue weighted by atomic mass is 9.81. The van der Waals surface area contributed by atoms with E-state index < -0.39 is 11.6 Å². The number of hydrogen-bond donors (Lipinski definition) is 4. The van der Waals surface area contributed by atoms with E-state index in [-0.39, 0.29) is 33.8 Å². The molecule has 0 aromatic heterocycles. The molecular formula is C30H42N2O4. The second-order valence-electron chi connectivity index (χ2n) is 10.0. The lowest BCUT2D eigenvalue weighted by molar-refractivity contribution is 0.0975. The van der Waals surface area contributed by atoms with Gasteiger partial charge in [0.25, 0.3) is 0 Å². The number of carbonyl (C=O) groups is 2. The summed E-state index contributed by atoms with van der Waals surface area (Å²) in [7, 11) is 0. The van der Waals surface area contributed by atoms with Crippen molar-refractivity contribution in [3.05, 3.63) is 46.5 Å². The average Bonchev–Trinajstić information content (AvgIpc) is 2.88. The molecule has 0 spiro atoms. The number of benzene rings is 2. The van der Waals surface area contributed by atoms with Crippen LogP contribution in [0.4, 0.5) is 11.4 Å². The molecule has 0 saturated carbocycles. The fourth-order valence-electron chi connectivity index (χ4n) is 5.05. The second-order valence-corrected chi connectivity index (χ2v) is 10.0. The topological polar surface area (TPSA) is 98.7 Å². The minimum atomic E-state index is -0.446. The van der Waals surface area contributed by atoms with Crippen molar-refractivity contribution in [1.82, 2.24) is 0 Å². The van der Waals surface area contributed by atoms with Gasteiger partial charge in [0.05, 0.1) is 22.3 Å². The first-order valence-electron chi connectivity index (χ1n) is 13.7. The van der Waals surface area contributed by atoms with Crippen LogP contribution in [0, 0.1) is 11.8 Å². The van der Waals surface area contributed by atoms with Gasteiger partial charge in [0.2, 0.25) is 11.6 Å². The van der Waals surface area contributed by atoms with Crippen LogP contribution >= 0.6 is 0 Å². The Kier molecular flexibility index (Phi) is 9.80. The third-order valence-corrected chi connectivity index (χ3v) is 7.52. The van der Waals surface area contributed by atoms with Crippen LogP contribution in [-0.2, 0) is 0 Å². The number of rotatable bonds is 14. The predicted molar refractivity (Wildman–Crippen MR) is 147 cm³/mol. The van der Waals surface area contributed by atoms with E-state index in [0.29, 0.717) is 36.3 Å². The molecule has 1 aliphatic rings. The number of unbranched alkanes of at least 4 members (excludes halogenated alkanes) is 2. The highest BCUT2D eigenvalue weighted by atomic mass is 16.3. The SMILES string of the molecule is CCCCC(CC)CNc1ccc(NCC(CC)CCCC)c2c1C(=O)c1c(O)ccc(O)c1C2=O. The van der Waals surface area contributed by atoms with Crippen molar-refractivity contribution in [1.29, 1.82) is 0 Å². The molecule has 0 bridgehead atoms. The van der Waals surface area contributed by atoms with Crippen molar-refractivity contribution in [2.24, 2.45) is 11.8 Å². The minimum Gasteiger partial charge on any atom is -0.507 e. The number of aromatic hydroxyl groups is 2. The maximum atomic E-state index is 13.7. The van der Waals surface area contributed by atoms with Crippen molar-refractivity contribution in [2.45, 2.75) is 79.1 Å². The van der Waals surface area contributed by atoms with Gasteiger partial charge in [-0.2, -0.15) is 0 Å². The summed E-state index contributed by atoms with van der Waals surface area (Å²) < 4.78 is 0. The lowest BCUT2D eigenvalue weighted by Gasteiger charge is -2.26. The Morgan fingerprint density at radius 2 is 1.03 bits per heavy atom. The number of nitrogens with one attached hydrogen (secondary N) is 2. The van der Waals surface area contributed by atoms with Crippen molar-refractivity contribution < 1.29 is 19.8 Å². The molecule has 3 rings (SSSR count).